The summed E-state index contributed by atoms with van der Waals surface area (Å²) < 4.78 is 16.7. The molecule has 4 heterocycles. The van der Waals surface area contributed by atoms with Gasteiger partial charge in [0.15, 0.2) is 0 Å². The molecule has 3 aliphatic heterocycles. The molecule has 17 heteroatoms. The van der Waals surface area contributed by atoms with Gasteiger partial charge in [0.05, 0.1) is 68.3 Å². The zero-order valence-corrected chi connectivity index (χ0v) is 32.8. The first kappa shape index (κ1) is 41.2. The number of likely N-dealkylation sites (tertiary alicyclic amines) is 1. The number of fused-ring (bicyclic) bond motifs is 2. The van der Waals surface area contributed by atoms with E-state index in [-0.39, 0.29) is 35.8 Å². The number of hydrogen-bond acceptors (Lipinski definition) is 12. The lowest BCUT2D eigenvalue weighted by Crippen LogP contribution is -2.54. The number of carbonyl (C=O) groups is 6. The van der Waals surface area contributed by atoms with Crippen LogP contribution in [0.4, 0.5) is 11.4 Å². The van der Waals surface area contributed by atoms with Gasteiger partial charge in [0.25, 0.3) is 23.6 Å². The van der Waals surface area contributed by atoms with E-state index in [1.807, 2.05) is 18.2 Å². The Bertz CT molecular complexity index is 2210. The summed E-state index contributed by atoms with van der Waals surface area (Å²) in [6.07, 6.45) is 2.55. The maximum atomic E-state index is 13.2. The largest absolute Gasteiger partial charge is 0.382 e. The van der Waals surface area contributed by atoms with Gasteiger partial charge >= 0.3 is 0 Å². The molecule has 3 aromatic carbocycles. The number of nitrogens with zero attached hydrogens (tertiary/aromatic N) is 3. The number of imide groups is 2. The van der Waals surface area contributed by atoms with Gasteiger partial charge in [0, 0.05) is 48.1 Å². The summed E-state index contributed by atoms with van der Waals surface area (Å²) in [7, 11) is 0. The smallest absolute Gasteiger partial charge is 0.264 e. The molecule has 1 unspecified atom stereocenters. The van der Waals surface area contributed by atoms with Crippen molar-refractivity contribution in [1.29, 1.82) is 0 Å². The first-order valence-corrected chi connectivity index (χ1v) is 19.9. The molecule has 17 nitrogen and oxygen atoms in total. The van der Waals surface area contributed by atoms with Crippen LogP contribution in [0.2, 0.25) is 0 Å². The number of rotatable bonds is 19. The number of nitrogens with one attached hydrogen (secondary N) is 5. The molecule has 6 amide bonds. The molecule has 7 rings (SSSR count). The maximum absolute atomic E-state index is 13.2. The summed E-state index contributed by atoms with van der Waals surface area (Å²) in [6.45, 7) is 6.66. The van der Waals surface area contributed by atoms with Crippen LogP contribution in [0.3, 0.4) is 0 Å². The van der Waals surface area contributed by atoms with Crippen molar-refractivity contribution in [3.8, 4) is 0 Å². The molecule has 2 atom stereocenters. The molecule has 4 aromatic rings. The number of aromatic nitrogens is 2. The number of H-pyrrole nitrogens is 1. The third kappa shape index (κ3) is 10.00. The second-order valence-corrected chi connectivity index (χ2v) is 14.6. The van der Waals surface area contributed by atoms with Crippen LogP contribution in [-0.2, 0) is 30.3 Å². The van der Waals surface area contributed by atoms with E-state index >= 15 is 0 Å². The lowest BCUT2D eigenvalue weighted by molar-refractivity contribution is -0.136. The van der Waals surface area contributed by atoms with Crippen LogP contribution in [0, 0.1) is 0 Å². The second kappa shape index (κ2) is 19.2. The molecule has 2 saturated heterocycles. The quantitative estimate of drug-likeness (QED) is 0.0683. The summed E-state index contributed by atoms with van der Waals surface area (Å²) in [5.74, 6) is -1.88. The van der Waals surface area contributed by atoms with Crippen molar-refractivity contribution in [3.05, 3.63) is 88.7 Å². The van der Waals surface area contributed by atoms with E-state index in [0.717, 1.165) is 34.8 Å². The molecular weight excluding hydrogens is 761 g/mol. The Morgan fingerprint density at radius 3 is 2.25 bits per heavy atom. The molecule has 0 radical (unpaired) electrons. The van der Waals surface area contributed by atoms with Gasteiger partial charge in [-0.2, -0.15) is 0 Å². The van der Waals surface area contributed by atoms with Gasteiger partial charge in [0.1, 0.15) is 11.9 Å². The van der Waals surface area contributed by atoms with E-state index in [0.29, 0.717) is 81.3 Å². The van der Waals surface area contributed by atoms with Gasteiger partial charge in [0.2, 0.25) is 11.8 Å². The van der Waals surface area contributed by atoms with E-state index in [1.165, 1.54) is 12.8 Å². The van der Waals surface area contributed by atoms with Gasteiger partial charge < -0.3 is 35.1 Å². The molecule has 59 heavy (non-hydrogen) atoms. The number of aromatic amines is 1. The predicted octanol–water partition coefficient (Wildman–Crippen LogP) is 3.09. The number of hydrogen-bond donors (Lipinski definition) is 5. The van der Waals surface area contributed by atoms with Crippen molar-refractivity contribution in [2.75, 3.05) is 69.9 Å². The van der Waals surface area contributed by atoms with Crippen LogP contribution in [0.1, 0.15) is 79.9 Å². The summed E-state index contributed by atoms with van der Waals surface area (Å²) in [5.41, 5.74) is 4.04. The normalized spacial score (nSPS) is 18.0. The lowest BCUT2D eigenvalue weighted by Gasteiger charge is -2.27. The van der Waals surface area contributed by atoms with Crippen LogP contribution in [0.25, 0.3) is 11.0 Å². The summed E-state index contributed by atoms with van der Waals surface area (Å²) in [4.78, 5) is 87.1. The highest BCUT2D eigenvalue weighted by Crippen LogP contribution is 2.32. The van der Waals surface area contributed by atoms with Gasteiger partial charge in [-0.05, 0) is 87.3 Å². The lowest BCUT2D eigenvalue weighted by atomic mass is 10.0. The maximum Gasteiger partial charge on any atom is 0.264 e. The number of imidazole rings is 1. The fourth-order valence-electron chi connectivity index (χ4n) is 7.41. The summed E-state index contributed by atoms with van der Waals surface area (Å²) >= 11 is 0. The Morgan fingerprint density at radius 2 is 1.54 bits per heavy atom. The van der Waals surface area contributed by atoms with Crippen LogP contribution in [-0.4, -0.2) is 127 Å². The van der Waals surface area contributed by atoms with Crippen molar-refractivity contribution < 1.29 is 43.0 Å². The van der Waals surface area contributed by atoms with Crippen molar-refractivity contribution >= 4 is 57.9 Å². The Hall–Kier alpha value is -6.01. The van der Waals surface area contributed by atoms with Crippen LogP contribution in [0.15, 0.2) is 60.7 Å². The van der Waals surface area contributed by atoms with Gasteiger partial charge in [-0.25, -0.2) is 4.98 Å². The number of benzene rings is 3. The standard InChI is InChI=1S/C42H48N8O9/c1-26-4-3-17-49(26)25-35-46-31-12-11-29(24-33(31)47-35)45-39(53)28-9-7-27(8-10-28)38(52)44-16-19-58-21-23-59-22-20-57-18-15-43-32-6-2-5-30-37(32)42(56)50(41(30)55)34-13-14-36(51)48-40(34)54/h2,5-12,24,26,34,43H,3-4,13-23,25H2,1H3,(H,44,52)(H,45,53)(H,46,47)(H,48,51,54)/t26-,34?/m0/s1. The first-order chi connectivity index (χ1) is 28.7. The fraction of sp³-hybridized carbons (Fsp3) is 0.405. The van der Waals surface area contributed by atoms with E-state index in [4.69, 9.17) is 19.2 Å². The molecule has 2 fully saturated rings. The number of carbonyl (C=O) groups excluding carboxylic acids is 6. The molecule has 3 aliphatic rings. The number of amides is 6. The molecule has 310 valence electrons. The minimum atomic E-state index is -1.03. The second-order valence-electron chi connectivity index (χ2n) is 14.6. The zero-order valence-electron chi connectivity index (χ0n) is 32.8. The average molecular weight is 809 g/mol. The number of anilines is 2. The van der Waals surface area contributed by atoms with Crippen LogP contribution < -0.4 is 21.3 Å². The molecular formula is C42H48N8O9. The van der Waals surface area contributed by atoms with E-state index in [2.05, 4.69) is 38.1 Å². The number of ether oxygens (including phenoxy) is 3. The van der Waals surface area contributed by atoms with E-state index in [9.17, 15) is 28.8 Å². The molecule has 0 aliphatic carbocycles. The third-order valence-electron chi connectivity index (χ3n) is 10.5. The van der Waals surface area contributed by atoms with Crippen molar-refractivity contribution in [1.82, 2.24) is 30.4 Å². The van der Waals surface area contributed by atoms with Crippen molar-refractivity contribution in [2.45, 2.75) is 51.2 Å². The van der Waals surface area contributed by atoms with Gasteiger partial charge in [-0.3, -0.25) is 43.9 Å². The van der Waals surface area contributed by atoms with Crippen molar-refractivity contribution in [3.63, 3.8) is 0 Å². The first-order valence-electron chi connectivity index (χ1n) is 19.9. The highest BCUT2D eigenvalue weighted by molar-refractivity contribution is 6.25. The van der Waals surface area contributed by atoms with E-state index in [1.54, 1.807) is 42.5 Å². The molecule has 1 aromatic heterocycles. The molecule has 5 N–H and O–H groups in total. The summed E-state index contributed by atoms with van der Waals surface area (Å²) in [6, 6.07) is 16.4. The topological polar surface area (TPSA) is 213 Å². The predicted molar refractivity (Wildman–Crippen MR) is 216 cm³/mol. The van der Waals surface area contributed by atoms with Gasteiger partial charge in [-0.1, -0.05) is 6.07 Å². The molecule has 0 spiro atoms. The highest BCUT2D eigenvalue weighted by atomic mass is 16.5. The Morgan fingerprint density at radius 1 is 0.831 bits per heavy atom. The minimum Gasteiger partial charge on any atom is -0.382 e. The monoisotopic (exact) mass is 808 g/mol. The Labute approximate surface area is 340 Å². The Kier molecular flexibility index (Phi) is 13.4. The summed E-state index contributed by atoms with van der Waals surface area (Å²) in [5, 5.41) is 11.0. The van der Waals surface area contributed by atoms with E-state index < -0.39 is 29.7 Å². The average Bonchev–Trinajstić information content (AvgIpc) is 3.91. The fourth-order valence-corrected chi connectivity index (χ4v) is 7.41. The molecule has 0 saturated carbocycles. The molecule has 0 bridgehead atoms. The SMILES string of the molecule is C[C@H]1CCCN1Cc1nc2cc(NC(=O)c3ccc(C(=O)NCCOCCOCCOCCNc4cccc5c4C(=O)N(C4CCC(=O)NC4=O)C5=O)cc3)ccc2[nH]1. The Balaban J connectivity index is 0.726. The zero-order chi connectivity index (χ0) is 41.3. The minimum absolute atomic E-state index is 0.0530. The van der Waals surface area contributed by atoms with Gasteiger partial charge in [-0.15, -0.1) is 0 Å². The van der Waals surface area contributed by atoms with Crippen LogP contribution in [0.5, 0.6) is 0 Å². The third-order valence-corrected chi connectivity index (χ3v) is 10.5. The highest BCUT2D eigenvalue weighted by Gasteiger charge is 2.45. The van der Waals surface area contributed by atoms with Crippen molar-refractivity contribution in [2.24, 2.45) is 0 Å². The van der Waals surface area contributed by atoms with Crippen LogP contribution >= 0.6 is 0 Å². The number of piperidine rings is 1.